The summed E-state index contributed by atoms with van der Waals surface area (Å²) in [4.78, 5) is 0. The van der Waals surface area contributed by atoms with Crippen molar-refractivity contribution in [2.75, 3.05) is 6.61 Å². The molecule has 0 fully saturated rings. The van der Waals surface area contributed by atoms with Crippen molar-refractivity contribution in [3.63, 3.8) is 0 Å². The number of nitrogens with two attached hydrogens (primary N) is 1. The van der Waals surface area contributed by atoms with Crippen molar-refractivity contribution >= 4 is 11.6 Å². The van der Waals surface area contributed by atoms with Crippen molar-refractivity contribution in [3.8, 4) is 0 Å². The highest BCUT2D eigenvalue weighted by Gasteiger charge is 2.21. The first-order valence-corrected chi connectivity index (χ1v) is 4.77. The van der Waals surface area contributed by atoms with Gasteiger partial charge in [0.15, 0.2) is 0 Å². The summed E-state index contributed by atoms with van der Waals surface area (Å²) in [6, 6.07) is 2.35. The highest BCUT2D eigenvalue weighted by molar-refractivity contribution is 6.30. The van der Waals surface area contributed by atoms with Gasteiger partial charge in [0.1, 0.15) is 16.7 Å². The molecule has 0 spiro atoms. The molecule has 0 saturated heterocycles. The van der Waals surface area contributed by atoms with E-state index < -0.39 is 22.2 Å². The molecule has 5 heteroatoms. The lowest BCUT2D eigenvalue weighted by molar-refractivity contribution is 0.207. The first kappa shape index (κ1) is 12.4. The Morgan fingerprint density at radius 1 is 1.47 bits per heavy atom. The maximum atomic E-state index is 13.4. The third-order valence-corrected chi connectivity index (χ3v) is 2.42. The minimum absolute atomic E-state index is 0.0926. The number of hydrogen-bond donors (Lipinski definition) is 2. The van der Waals surface area contributed by atoms with Gasteiger partial charge in [-0.15, -0.1) is 0 Å². The summed E-state index contributed by atoms with van der Waals surface area (Å²) in [5.41, 5.74) is 4.90. The van der Waals surface area contributed by atoms with E-state index in [2.05, 4.69) is 0 Å². The van der Waals surface area contributed by atoms with E-state index in [1.807, 2.05) is 0 Å². The van der Waals surface area contributed by atoms with E-state index in [9.17, 15) is 8.78 Å². The molecule has 3 N–H and O–H groups in total. The summed E-state index contributed by atoms with van der Waals surface area (Å²) >= 11 is 5.40. The molecule has 1 unspecified atom stereocenters. The van der Waals surface area contributed by atoms with Gasteiger partial charge in [-0.05, 0) is 25.0 Å². The Labute approximate surface area is 91.7 Å². The fourth-order valence-electron chi connectivity index (χ4n) is 1.19. The van der Waals surface area contributed by atoms with Crippen LogP contribution < -0.4 is 5.73 Å². The van der Waals surface area contributed by atoms with Crippen LogP contribution in [0.15, 0.2) is 12.1 Å². The van der Waals surface area contributed by atoms with Gasteiger partial charge in [-0.2, -0.15) is 0 Å². The minimum Gasteiger partial charge on any atom is -0.394 e. The van der Waals surface area contributed by atoms with Crippen LogP contribution in [-0.2, 0) is 6.42 Å². The molecule has 0 bridgehead atoms. The molecule has 1 aromatic rings. The lowest BCUT2D eigenvalue weighted by Gasteiger charge is -2.22. The zero-order valence-electron chi connectivity index (χ0n) is 8.23. The Kier molecular flexibility index (Phi) is 3.65. The molecule has 1 rings (SSSR count). The van der Waals surface area contributed by atoms with Crippen LogP contribution in [0.1, 0.15) is 12.5 Å². The SMILES string of the molecule is CC(N)(CO)Cc1ccc(F)c(Cl)c1F. The van der Waals surface area contributed by atoms with Crippen LogP contribution in [0.25, 0.3) is 0 Å². The lowest BCUT2D eigenvalue weighted by Crippen LogP contribution is -2.42. The van der Waals surface area contributed by atoms with Crippen LogP contribution in [0.3, 0.4) is 0 Å². The van der Waals surface area contributed by atoms with Crippen LogP contribution in [-0.4, -0.2) is 17.3 Å². The average molecular weight is 236 g/mol. The maximum absolute atomic E-state index is 13.4. The Morgan fingerprint density at radius 2 is 2.07 bits per heavy atom. The molecule has 0 aliphatic rings. The second-order valence-electron chi connectivity index (χ2n) is 3.82. The summed E-state index contributed by atoms with van der Waals surface area (Å²) in [5.74, 6) is -1.62. The highest BCUT2D eigenvalue weighted by Crippen LogP contribution is 2.24. The molecule has 0 heterocycles. The van der Waals surface area contributed by atoms with E-state index in [0.29, 0.717) is 0 Å². The van der Waals surface area contributed by atoms with Crippen LogP contribution in [0.5, 0.6) is 0 Å². The molecular weight excluding hydrogens is 224 g/mol. The zero-order chi connectivity index (χ0) is 11.6. The van der Waals surface area contributed by atoms with Gasteiger partial charge in [-0.3, -0.25) is 0 Å². The van der Waals surface area contributed by atoms with Gasteiger partial charge >= 0.3 is 0 Å². The Morgan fingerprint density at radius 3 is 2.60 bits per heavy atom. The van der Waals surface area contributed by atoms with Gasteiger partial charge in [-0.25, -0.2) is 8.78 Å². The van der Waals surface area contributed by atoms with E-state index in [1.54, 1.807) is 6.92 Å². The number of benzene rings is 1. The molecule has 2 nitrogen and oxygen atoms in total. The van der Waals surface area contributed by atoms with Crippen LogP contribution in [0, 0.1) is 11.6 Å². The first-order chi connectivity index (χ1) is 6.87. The molecule has 0 aromatic heterocycles. The molecule has 0 radical (unpaired) electrons. The third-order valence-electron chi connectivity index (χ3n) is 2.07. The van der Waals surface area contributed by atoms with E-state index in [0.717, 1.165) is 6.07 Å². The normalized spacial score (nSPS) is 15.1. The number of halogens is 3. The van der Waals surface area contributed by atoms with Gasteiger partial charge in [0.05, 0.1) is 6.61 Å². The monoisotopic (exact) mass is 235 g/mol. The van der Waals surface area contributed by atoms with Gasteiger partial charge < -0.3 is 10.8 Å². The molecule has 0 aliphatic carbocycles. The maximum Gasteiger partial charge on any atom is 0.148 e. The molecule has 0 saturated carbocycles. The second-order valence-corrected chi connectivity index (χ2v) is 4.20. The topological polar surface area (TPSA) is 46.2 Å². The largest absolute Gasteiger partial charge is 0.394 e. The third kappa shape index (κ3) is 2.87. The van der Waals surface area contributed by atoms with Gasteiger partial charge in [-0.1, -0.05) is 17.7 Å². The van der Waals surface area contributed by atoms with Crippen LogP contribution in [0.4, 0.5) is 8.78 Å². The standard InChI is InChI=1S/C10H12ClF2NO/c1-10(14,5-15)4-6-2-3-7(12)8(11)9(6)13/h2-3,15H,4-5,14H2,1H3. The van der Waals surface area contributed by atoms with Crippen molar-refractivity contribution in [2.24, 2.45) is 5.73 Å². The summed E-state index contributed by atoms with van der Waals surface area (Å²) in [5, 5.41) is 8.38. The smallest absolute Gasteiger partial charge is 0.148 e. The minimum atomic E-state index is -0.942. The van der Waals surface area contributed by atoms with Crippen LogP contribution in [0.2, 0.25) is 5.02 Å². The number of hydrogen-bond acceptors (Lipinski definition) is 2. The Hall–Kier alpha value is -0.710. The fourth-order valence-corrected chi connectivity index (χ4v) is 1.38. The van der Waals surface area contributed by atoms with E-state index in [4.69, 9.17) is 22.4 Å². The van der Waals surface area contributed by atoms with Gasteiger partial charge in [0, 0.05) is 5.54 Å². The van der Waals surface area contributed by atoms with E-state index in [-0.39, 0.29) is 18.6 Å². The summed E-state index contributed by atoms with van der Waals surface area (Å²) in [7, 11) is 0. The highest BCUT2D eigenvalue weighted by atomic mass is 35.5. The van der Waals surface area contributed by atoms with Crippen molar-refractivity contribution in [3.05, 3.63) is 34.4 Å². The Balaban J connectivity index is 3.02. The van der Waals surface area contributed by atoms with E-state index in [1.165, 1.54) is 6.07 Å². The van der Waals surface area contributed by atoms with Gasteiger partial charge in [0.25, 0.3) is 0 Å². The lowest BCUT2D eigenvalue weighted by atomic mass is 9.94. The molecule has 0 aliphatic heterocycles. The quantitative estimate of drug-likeness (QED) is 0.786. The first-order valence-electron chi connectivity index (χ1n) is 4.39. The number of rotatable bonds is 3. The van der Waals surface area contributed by atoms with Crippen molar-refractivity contribution in [2.45, 2.75) is 18.9 Å². The zero-order valence-corrected chi connectivity index (χ0v) is 8.98. The van der Waals surface area contributed by atoms with Crippen molar-refractivity contribution in [1.82, 2.24) is 0 Å². The van der Waals surface area contributed by atoms with E-state index >= 15 is 0 Å². The molecule has 0 amide bonds. The second kappa shape index (κ2) is 4.43. The number of aliphatic hydroxyl groups is 1. The Bertz CT molecular complexity index is 369. The molecule has 84 valence electrons. The fraction of sp³-hybridized carbons (Fsp3) is 0.400. The molecular formula is C10H12ClF2NO. The van der Waals surface area contributed by atoms with Crippen molar-refractivity contribution < 1.29 is 13.9 Å². The van der Waals surface area contributed by atoms with Crippen molar-refractivity contribution in [1.29, 1.82) is 0 Å². The predicted molar refractivity (Wildman–Crippen MR) is 54.8 cm³/mol. The molecule has 15 heavy (non-hydrogen) atoms. The van der Waals surface area contributed by atoms with Gasteiger partial charge in [0.2, 0.25) is 0 Å². The summed E-state index contributed by atoms with van der Waals surface area (Å²) in [6.45, 7) is 1.28. The summed E-state index contributed by atoms with van der Waals surface area (Å²) < 4.78 is 26.2. The van der Waals surface area contributed by atoms with Crippen LogP contribution >= 0.6 is 11.6 Å². The predicted octanol–water partition coefficient (Wildman–Crippen LogP) is 1.87. The average Bonchev–Trinajstić information content (AvgIpc) is 2.19. The molecule has 1 atom stereocenters. The number of aliphatic hydroxyl groups excluding tert-OH is 1. The molecule has 1 aromatic carbocycles. The summed E-state index contributed by atoms with van der Waals surface area (Å²) in [6.07, 6.45) is 0.0926.